The highest BCUT2D eigenvalue weighted by atomic mass is 16.7. The third kappa shape index (κ3) is 13.1. The minimum Gasteiger partial charge on any atom is -0.490 e. The average molecular weight is 928 g/mol. The quantitative estimate of drug-likeness (QED) is 0.0266. The van der Waals surface area contributed by atoms with Crippen LogP contribution in [0.5, 0.6) is 11.5 Å². The Kier molecular flexibility index (Phi) is 19.8. The van der Waals surface area contributed by atoms with Gasteiger partial charge in [-0.2, -0.15) is 0 Å². The number of rotatable bonds is 29. The molecule has 0 aromatic heterocycles. The van der Waals surface area contributed by atoms with Crippen molar-refractivity contribution in [2.75, 3.05) is 66.0 Å². The maximum Gasteiger partial charge on any atom is 0.410 e. The topological polar surface area (TPSA) is 201 Å². The number of carbonyl (C=O) groups excluding carboxylic acids is 1. The number of benzene rings is 3. The van der Waals surface area contributed by atoms with E-state index in [1.165, 1.54) is 12.1 Å². The second-order valence-corrected chi connectivity index (χ2v) is 16.8. The Balaban J connectivity index is 1.49. The molecule has 1 heterocycles. The molecule has 6 rings (SSSR count). The Labute approximate surface area is 392 Å². The smallest absolute Gasteiger partial charge is 0.410 e. The van der Waals surface area contributed by atoms with Crippen LogP contribution in [0.2, 0.25) is 0 Å². The minimum atomic E-state index is -1.57. The molecule has 16 nitrogen and oxygen atoms in total. The molecule has 67 heavy (non-hydrogen) atoms. The lowest BCUT2D eigenvalue weighted by Crippen LogP contribution is -2.70. The van der Waals surface area contributed by atoms with E-state index in [-0.39, 0.29) is 102 Å². The fourth-order valence-corrected chi connectivity index (χ4v) is 9.53. The third-order valence-electron chi connectivity index (χ3n) is 12.5. The van der Waals surface area contributed by atoms with E-state index in [1.54, 1.807) is 29.2 Å². The molecule has 16 heteroatoms. The molecule has 1 aliphatic heterocycles. The minimum absolute atomic E-state index is 0.00241. The van der Waals surface area contributed by atoms with Gasteiger partial charge in [0.2, 0.25) is 5.79 Å². The summed E-state index contributed by atoms with van der Waals surface area (Å²) in [7, 11) is 0. The van der Waals surface area contributed by atoms with Crippen LogP contribution in [0.1, 0.15) is 67.6 Å². The van der Waals surface area contributed by atoms with Crippen molar-refractivity contribution in [2.45, 2.75) is 75.9 Å². The van der Waals surface area contributed by atoms with Crippen molar-refractivity contribution in [1.82, 2.24) is 4.90 Å². The second kappa shape index (κ2) is 26.1. The predicted octanol–water partition coefficient (Wildman–Crippen LogP) is 7.66. The fourth-order valence-electron chi connectivity index (χ4n) is 9.53. The number of aliphatic hydroxyl groups excluding tert-OH is 3. The van der Waals surface area contributed by atoms with Gasteiger partial charge in [0.1, 0.15) is 37.4 Å². The van der Waals surface area contributed by atoms with E-state index >= 15 is 0 Å². The number of carbonyl (C=O) groups is 1. The van der Waals surface area contributed by atoms with Gasteiger partial charge in [-0.3, -0.25) is 15.0 Å². The first-order valence-corrected chi connectivity index (χ1v) is 23.2. The Morgan fingerprint density at radius 3 is 2.33 bits per heavy atom. The highest BCUT2D eigenvalue weighted by Gasteiger charge is 2.65. The van der Waals surface area contributed by atoms with Crippen molar-refractivity contribution in [3.8, 4) is 11.5 Å². The predicted molar refractivity (Wildman–Crippen MR) is 251 cm³/mol. The van der Waals surface area contributed by atoms with E-state index in [0.717, 1.165) is 42.4 Å². The molecule has 0 radical (unpaired) electrons. The largest absolute Gasteiger partial charge is 0.490 e. The van der Waals surface area contributed by atoms with Crippen LogP contribution in [0.3, 0.4) is 0 Å². The van der Waals surface area contributed by atoms with E-state index in [4.69, 9.17) is 38.4 Å². The number of oxime groups is 1. The van der Waals surface area contributed by atoms with Gasteiger partial charge in [0, 0.05) is 49.8 Å². The maximum atomic E-state index is 14.7. The molecule has 1 saturated carbocycles. The van der Waals surface area contributed by atoms with Crippen LogP contribution in [0.25, 0.3) is 0 Å². The number of allylic oxidation sites excluding steroid dienone is 1. The molecule has 3 N–H and O–H groups in total. The number of amides is 1. The summed E-state index contributed by atoms with van der Waals surface area (Å²) in [6, 6.07) is 20.5. The Morgan fingerprint density at radius 1 is 0.866 bits per heavy atom. The normalized spacial score (nSPS) is 22.1. The van der Waals surface area contributed by atoms with Crippen molar-refractivity contribution in [1.29, 1.82) is 0 Å². The molecule has 362 valence electrons. The summed E-state index contributed by atoms with van der Waals surface area (Å²) in [5, 5.41) is 45.7. The van der Waals surface area contributed by atoms with Gasteiger partial charge in [-0.05, 0) is 84.6 Å². The van der Waals surface area contributed by atoms with Gasteiger partial charge in [0.15, 0.2) is 0 Å². The molecule has 1 amide bonds. The molecule has 2 aliphatic carbocycles. The molecule has 1 fully saturated rings. The van der Waals surface area contributed by atoms with Crippen molar-refractivity contribution in [3.05, 3.63) is 137 Å². The van der Waals surface area contributed by atoms with Crippen molar-refractivity contribution in [2.24, 2.45) is 22.9 Å². The zero-order valence-corrected chi connectivity index (χ0v) is 38.2. The number of hydrogen-bond donors (Lipinski definition) is 3. The molecular formula is C51H65N3O13. The molecule has 0 saturated heterocycles. The van der Waals surface area contributed by atoms with Crippen LogP contribution < -0.4 is 9.47 Å². The number of fused-ring (bicyclic) bond motifs is 2. The maximum absolute atomic E-state index is 14.7. The van der Waals surface area contributed by atoms with Crippen LogP contribution >= 0.6 is 0 Å². The van der Waals surface area contributed by atoms with Crippen LogP contribution in [0, 0.1) is 27.9 Å². The molecule has 0 spiro atoms. The average Bonchev–Trinajstić information content (AvgIpc) is 3.34. The fraction of sp³-hybridized carbons (Fsp3) is 0.490. The third-order valence-corrected chi connectivity index (χ3v) is 12.5. The molecular weight excluding hydrogens is 863 g/mol. The Morgan fingerprint density at radius 2 is 1.61 bits per heavy atom. The Bertz CT molecular complexity index is 2120. The summed E-state index contributed by atoms with van der Waals surface area (Å²) >= 11 is 0. The summed E-state index contributed by atoms with van der Waals surface area (Å²) < 4.78 is 38.1. The van der Waals surface area contributed by atoms with Gasteiger partial charge in [0.05, 0.1) is 56.2 Å². The van der Waals surface area contributed by atoms with Crippen LogP contribution in [0.4, 0.5) is 10.5 Å². The zero-order valence-electron chi connectivity index (χ0n) is 38.2. The number of hydrogen-bond acceptors (Lipinski definition) is 14. The SMILES string of the molecule is C=CCOc1ccc2c(c1)C1C(CCCCO)C(CCCCO)C=C3C(=NOCc4ccc([N+](=O)[O-])cc4)CC(N(CCOCCO)C(=O)OCCOCc4ccccc4)C(OCC=C)(O2)C31. The lowest BCUT2D eigenvalue weighted by molar-refractivity contribution is -0.384. The summed E-state index contributed by atoms with van der Waals surface area (Å²) in [5.74, 6) is -1.34. The van der Waals surface area contributed by atoms with Crippen molar-refractivity contribution < 1.29 is 58.3 Å². The summed E-state index contributed by atoms with van der Waals surface area (Å²) in [6.07, 6.45) is 9.19. The summed E-state index contributed by atoms with van der Waals surface area (Å²) in [4.78, 5) is 33.3. The first-order valence-electron chi connectivity index (χ1n) is 23.2. The molecule has 6 atom stereocenters. The highest BCUT2D eigenvalue weighted by molar-refractivity contribution is 6.03. The summed E-state index contributed by atoms with van der Waals surface area (Å²) in [5.41, 5.74) is 3.85. The molecule has 3 aromatic rings. The number of nitrogens with zero attached hydrogens (tertiary/aromatic N) is 3. The van der Waals surface area contributed by atoms with E-state index in [1.807, 2.05) is 48.5 Å². The molecule has 6 unspecified atom stereocenters. The number of non-ortho nitro benzene ring substituents is 1. The van der Waals surface area contributed by atoms with Crippen LogP contribution in [-0.2, 0) is 37.0 Å². The number of aliphatic hydroxyl groups is 3. The lowest BCUT2D eigenvalue weighted by Gasteiger charge is -2.59. The molecule has 0 bridgehead atoms. The Hall–Kier alpha value is -5.62. The van der Waals surface area contributed by atoms with E-state index < -0.39 is 28.8 Å². The summed E-state index contributed by atoms with van der Waals surface area (Å²) in [6.45, 7) is 8.60. The van der Waals surface area contributed by atoms with E-state index in [9.17, 15) is 30.2 Å². The number of nitro groups is 1. The van der Waals surface area contributed by atoms with Gasteiger partial charge in [-0.25, -0.2) is 4.79 Å². The van der Waals surface area contributed by atoms with Gasteiger partial charge in [-0.1, -0.05) is 73.1 Å². The van der Waals surface area contributed by atoms with E-state index in [2.05, 4.69) is 19.2 Å². The standard InChI is InChI=1S/C51H65N3O13/c1-3-26-63-41-20-21-46-44(33-41)48-42(15-9-11-24-56)39(14-8-10-23-55)32-43-45(52-66-36-38-16-18-40(19-17-38)54(59)60)34-47(51(67-46,49(43)48)65-27-4-2)53(22-28-61-29-25-57)50(58)64-31-30-62-35-37-12-6-5-7-13-37/h3-7,12-13,16-21,32-33,39,42,47-49,55-57H,1-2,8-11,14-15,22-31,34-36H2. The zero-order chi connectivity index (χ0) is 47.4. The van der Waals surface area contributed by atoms with Crippen LogP contribution in [0.15, 0.2) is 115 Å². The van der Waals surface area contributed by atoms with Crippen LogP contribution in [-0.4, -0.2) is 115 Å². The van der Waals surface area contributed by atoms with Gasteiger partial charge >= 0.3 is 6.09 Å². The first-order chi connectivity index (χ1) is 32.8. The number of ether oxygens (including phenoxy) is 6. The van der Waals surface area contributed by atoms with Gasteiger partial charge in [0.25, 0.3) is 5.69 Å². The van der Waals surface area contributed by atoms with Crippen molar-refractivity contribution >= 4 is 17.5 Å². The monoisotopic (exact) mass is 927 g/mol. The highest BCUT2D eigenvalue weighted by Crippen LogP contribution is 2.62. The van der Waals surface area contributed by atoms with Gasteiger partial charge in [-0.15, -0.1) is 6.58 Å². The molecule has 3 aromatic carbocycles. The molecule has 3 aliphatic rings. The lowest BCUT2D eigenvalue weighted by atomic mass is 9.55. The number of unbranched alkanes of at least 4 members (excludes halogenated alkanes) is 2. The number of nitro benzene ring substituents is 1. The second-order valence-electron chi connectivity index (χ2n) is 16.8. The van der Waals surface area contributed by atoms with Gasteiger partial charge < -0.3 is 48.6 Å². The van der Waals surface area contributed by atoms with E-state index in [0.29, 0.717) is 42.2 Å². The first kappa shape index (κ1) is 50.8. The van der Waals surface area contributed by atoms with Crippen molar-refractivity contribution in [3.63, 3.8) is 0 Å².